The van der Waals surface area contributed by atoms with E-state index < -0.39 is 0 Å². The summed E-state index contributed by atoms with van der Waals surface area (Å²) >= 11 is 0. The van der Waals surface area contributed by atoms with E-state index in [-0.39, 0.29) is 30.8 Å². The van der Waals surface area contributed by atoms with Crippen molar-refractivity contribution in [3.63, 3.8) is 0 Å². The molecule has 1 fully saturated rings. The predicted octanol–water partition coefficient (Wildman–Crippen LogP) is -0.845. The van der Waals surface area contributed by atoms with Crippen LogP contribution in [0.25, 0.3) is 0 Å². The minimum absolute atomic E-state index is 0.0192. The van der Waals surface area contributed by atoms with E-state index in [1.54, 1.807) is 26.0 Å². The highest BCUT2D eigenvalue weighted by Gasteiger charge is 2.24. The third-order valence-electron chi connectivity index (χ3n) is 2.79. The second-order valence-corrected chi connectivity index (χ2v) is 4.46. The normalized spacial score (nSPS) is 15.0. The van der Waals surface area contributed by atoms with E-state index in [0.29, 0.717) is 13.0 Å². The molecule has 0 radical (unpaired) electrons. The number of likely N-dealkylation sites (N-methyl/N-ethyl adjacent to an activating group) is 2. The van der Waals surface area contributed by atoms with Crippen molar-refractivity contribution in [2.75, 3.05) is 40.8 Å². The molecule has 17 heavy (non-hydrogen) atoms. The smallest absolute Gasteiger partial charge is 0.242 e. The maximum absolute atomic E-state index is 11.8. The van der Waals surface area contributed by atoms with Gasteiger partial charge < -0.3 is 14.7 Å². The van der Waals surface area contributed by atoms with Crippen LogP contribution < -0.4 is 0 Å². The summed E-state index contributed by atoms with van der Waals surface area (Å²) < 4.78 is 0. The average molecular weight is 241 g/mol. The van der Waals surface area contributed by atoms with Gasteiger partial charge in [0.25, 0.3) is 0 Å². The van der Waals surface area contributed by atoms with E-state index in [2.05, 4.69) is 0 Å². The van der Waals surface area contributed by atoms with Crippen molar-refractivity contribution in [3.8, 4) is 0 Å². The molecule has 1 rings (SSSR count). The summed E-state index contributed by atoms with van der Waals surface area (Å²) in [6, 6.07) is 0. The summed E-state index contributed by atoms with van der Waals surface area (Å²) in [5, 5.41) is 0. The van der Waals surface area contributed by atoms with Crippen molar-refractivity contribution in [1.82, 2.24) is 14.7 Å². The van der Waals surface area contributed by atoms with Gasteiger partial charge in [0, 0.05) is 34.1 Å². The minimum Gasteiger partial charge on any atom is -0.347 e. The highest BCUT2D eigenvalue weighted by molar-refractivity contribution is 5.88. The number of carbonyl (C=O) groups is 3. The predicted molar refractivity (Wildman–Crippen MR) is 62.1 cm³/mol. The maximum atomic E-state index is 11.8. The third-order valence-corrected chi connectivity index (χ3v) is 2.79. The van der Waals surface area contributed by atoms with Gasteiger partial charge in [0.2, 0.25) is 17.7 Å². The summed E-state index contributed by atoms with van der Waals surface area (Å²) in [5.74, 6) is -0.310. The zero-order valence-corrected chi connectivity index (χ0v) is 10.6. The highest BCUT2D eigenvalue weighted by Crippen LogP contribution is 2.09. The maximum Gasteiger partial charge on any atom is 0.242 e. The van der Waals surface area contributed by atoms with Crippen LogP contribution in [0.4, 0.5) is 0 Å². The van der Waals surface area contributed by atoms with Crippen molar-refractivity contribution in [1.29, 1.82) is 0 Å². The molecule has 1 aliphatic heterocycles. The fraction of sp³-hybridized carbons (Fsp3) is 0.727. The Labute approximate surface area is 101 Å². The van der Waals surface area contributed by atoms with Gasteiger partial charge in [-0.1, -0.05) is 0 Å². The summed E-state index contributed by atoms with van der Waals surface area (Å²) in [4.78, 5) is 38.8. The number of amides is 3. The molecule has 1 aliphatic rings. The topological polar surface area (TPSA) is 60.9 Å². The molecule has 0 spiro atoms. The Balaban J connectivity index is 2.41. The zero-order chi connectivity index (χ0) is 13.0. The van der Waals surface area contributed by atoms with Crippen LogP contribution in [0.2, 0.25) is 0 Å². The molecule has 1 heterocycles. The van der Waals surface area contributed by atoms with E-state index in [4.69, 9.17) is 0 Å². The van der Waals surface area contributed by atoms with Crippen LogP contribution in [-0.4, -0.2) is 73.2 Å². The molecular formula is C11H19N3O3. The fourth-order valence-corrected chi connectivity index (χ4v) is 1.59. The van der Waals surface area contributed by atoms with Gasteiger partial charge in [-0.2, -0.15) is 0 Å². The molecule has 0 aromatic rings. The van der Waals surface area contributed by atoms with Crippen LogP contribution in [0.3, 0.4) is 0 Å². The van der Waals surface area contributed by atoms with E-state index in [0.717, 1.165) is 6.42 Å². The molecule has 0 aliphatic carbocycles. The molecule has 0 atom stereocenters. The van der Waals surface area contributed by atoms with E-state index >= 15 is 0 Å². The highest BCUT2D eigenvalue weighted by atomic mass is 16.2. The molecule has 6 nitrogen and oxygen atoms in total. The van der Waals surface area contributed by atoms with Gasteiger partial charge in [-0.25, -0.2) is 0 Å². The van der Waals surface area contributed by atoms with Gasteiger partial charge in [0.1, 0.15) is 0 Å². The minimum atomic E-state index is -0.199. The second kappa shape index (κ2) is 5.65. The average Bonchev–Trinajstić information content (AvgIpc) is 2.64. The van der Waals surface area contributed by atoms with Crippen molar-refractivity contribution in [2.24, 2.45) is 0 Å². The summed E-state index contributed by atoms with van der Waals surface area (Å²) in [7, 11) is 4.86. The Hall–Kier alpha value is -1.59. The van der Waals surface area contributed by atoms with Crippen molar-refractivity contribution < 1.29 is 14.4 Å². The third kappa shape index (κ3) is 3.72. The molecule has 96 valence electrons. The zero-order valence-electron chi connectivity index (χ0n) is 10.6. The number of hydrogen-bond acceptors (Lipinski definition) is 3. The van der Waals surface area contributed by atoms with Gasteiger partial charge >= 0.3 is 0 Å². The van der Waals surface area contributed by atoms with Crippen molar-refractivity contribution in [2.45, 2.75) is 12.8 Å². The monoisotopic (exact) mass is 241 g/mol. The Bertz CT molecular complexity index is 328. The second-order valence-electron chi connectivity index (χ2n) is 4.46. The number of rotatable bonds is 4. The van der Waals surface area contributed by atoms with Crippen LogP contribution in [0.15, 0.2) is 0 Å². The first-order chi connectivity index (χ1) is 7.91. The first-order valence-corrected chi connectivity index (χ1v) is 5.63. The standard InChI is InChI=1S/C11H19N3O3/c1-12(2)10(16)7-13(3)11(17)8-14-6-4-5-9(14)15/h4-8H2,1-3H3. The van der Waals surface area contributed by atoms with Gasteiger partial charge in [-0.3, -0.25) is 14.4 Å². The number of hydrogen-bond donors (Lipinski definition) is 0. The van der Waals surface area contributed by atoms with Crippen LogP contribution in [0, 0.1) is 0 Å². The van der Waals surface area contributed by atoms with E-state index in [9.17, 15) is 14.4 Å². The lowest BCUT2D eigenvalue weighted by Crippen LogP contribution is -2.43. The quantitative estimate of drug-likeness (QED) is 0.644. The fourth-order valence-electron chi connectivity index (χ4n) is 1.59. The van der Waals surface area contributed by atoms with Gasteiger partial charge in [0.05, 0.1) is 13.1 Å². The number of likely N-dealkylation sites (tertiary alicyclic amines) is 1. The Morgan fingerprint density at radius 2 is 1.88 bits per heavy atom. The summed E-state index contributed by atoms with van der Waals surface area (Å²) in [5.41, 5.74) is 0. The lowest BCUT2D eigenvalue weighted by Gasteiger charge is -2.22. The molecule has 0 unspecified atom stereocenters. The lowest BCUT2D eigenvalue weighted by molar-refractivity contribution is -0.141. The lowest BCUT2D eigenvalue weighted by atomic mass is 10.4. The van der Waals surface area contributed by atoms with E-state index in [1.807, 2.05) is 0 Å². The first kappa shape index (κ1) is 13.5. The van der Waals surface area contributed by atoms with Crippen molar-refractivity contribution in [3.05, 3.63) is 0 Å². The Kier molecular flexibility index (Phi) is 4.48. The molecule has 3 amide bonds. The molecular weight excluding hydrogens is 222 g/mol. The molecule has 0 aromatic heterocycles. The molecule has 0 N–H and O–H groups in total. The van der Waals surface area contributed by atoms with Crippen LogP contribution in [-0.2, 0) is 14.4 Å². The molecule has 6 heteroatoms. The molecule has 0 saturated carbocycles. The number of carbonyl (C=O) groups excluding carboxylic acids is 3. The van der Waals surface area contributed by atoms with Gasteiger partial charge in [-0.15, -0.1) is 0 Å². The Morgan fingerprint density at radius 3 is 2.35 bits per heavy atom. The molecule has 1 saturated heterocycles. The van der Waals surface area contributed by atoms with Gasteiger partial charge in [-0.05, 0) is 6.42 Å². The summed E-state index contributed by atoms with van der Waals surface area (Å²) in [6.07, 6.45) is 1.33. The molecule has 0 aromatic carbocycles. The van der Waals surface area contributed by atoms with Crippen LogP contribution in [0.1, 0.15) is 12.8 Å². The number of nitrogens with zero attached hydrogens (tertiary/aromatic N) is 3. The largest absolute Gasteiger partial charge is 0.347 e. The van der Waals surface area contributed by atoms with Crippen molar-refractivity contribution >= 4 is 17.7 Å². The van der Waals surface area contributed by atoms with Gasteiger partial charge in [0.15, 0.2) is 0 Å². The summed E-state index contributed by atoms with van der Waals surface area (Å²) in [6.45, 7) is 0.768. The van der Waals surface area contributed by atoms with E-state index in [1.165, 1.54) is 9.80 Å². The van der Waals surface area contributed by atoms with Crippen LogP contribution >= 0.6 is 0 Å². The Morgan fingerprint density at radius 1 is 1.24 bits per heavy atom. The van der Waals surface area contributed by atoms with Crippen LogP contribution in [0.5, 0.6) is 0 Å². The SMILES string of the molecule is CN(C)C(=O)CN(C)C(=O)CN1CCCC1=O. The molecule has 0 bridgehead atoms. The first-order valence-electron chi connectivity index (χ1n) is 5.63.